The summed E-state index contributed by atoms with van der Waals surface area (Å²) in [4.78, 5) is 38.0. The van der Waals surface area contributed by atoms with Gasteiger partial charge >= 0.3 is 17.9 Å². The Balaban J connectivity index is 4.12. The molecule has 0 aromatic heterocycles. The van der Waals surface area contributed by atoms with Crippen molar-refractivity contribution in [3.8, 4) is 0 Å². The number of carbonyl (C=O) groups is 3. The van der Waals surface area contributed by atoms with Gasteiger partial charge in [0.1, 0.15) is 13.2 Å². The lowest BCUT2D eigenvalue weighted by Gasteiger charge is -2.18. The van der Waals surface area contributed by atoms with Crippen LogP contribution >= 0.6 is 0 Å². The molecule has 0 aliphatic rings. The number of carbonyl (C=O) groups excluding carboxylic acids is 3. The van der Waals surface area contributed by atoms with Gasteiger partial charge in [0.15, 0.2) is 6.10 Å². The highest BCUT2D eigenvalue weighted by molar-refractivity contribution is 5.71. The molecule has 6 heteroatoms. The van der Waals surface area contributed by atoms with Gasteiger partial charge in [0, 0.05) is 19.3 Å². The molecule has 65 heavy (non-hydrogen) atoms. The first kappa shape index (κ1) is 63.1. The highest BCUT2D eigenvalue weighted by atomic mass is 16.6. The Bertz CT molecular complexity index is 1010. The average molecular weight is 918 g/mol. The zero-order valence-corrected chi connectivity index (χ0v) is 44.0. The van der Waals surface area contributed by atoms with Crippen LogP contribution in [0.5, 0.6) is 0 Å². The Morgan fingerprint density at radius 1 is 0.292 bits per heavy atom. The molecule has 6 nitrogen and oxygen atoms in total. The minimum Gasteiger partial charge on any atom is -0.462 e. The van der Waals surface area contributed by atoms with Crippen LogP contribution in [-0.4, -0.2) is 37.2 Å². The molecule has 0 spiro atoms. The van der Waals surface area contributed by atoms with Crippen LogP contribution in [-0.2, 0) is 28.6 Å². The van der Waals surface area contributed by atoms with Gasteiger partial charge in [-0.2, -0.15) is 0 Å². The molecule has 0 aliphatic heterocycles. The van der Waals surface area contributed by atoms with E-state index in [1.165, 1.54) is 231 Å². The number of allylic oxidation sites excluding steroid dienone is 2. The fourth-order valence-electron chi connectivity index (χ4n) is 8.85. The predicted molar refractivity (Wildman–Crippen MR) is 280 cm³/mol. The summed E-state index contributed by atoms with van der Waals surface area (Å²) in [6, 6.07) is 0. The highest BCUT2D eigenvalue weighted by Crippen LogP contribution is 2.17. The summed E-state index contributed by atoms with van der Waals surface area (Å²) in [7, 11) is 0. The van der Waals surface area contributed by atoms with E-state index >= 15 is 0 Å². The van der Waals surface area contributed by atoms with Gasteiger partial charge in [-0.15, -0.1) is 0 Å². The van der Waals surface area contributed by atoms with E-state index in [9.17, 15) is 14.4 Å². The van der Waals surface area contributed by atoms with Gasteiger partial charge in [-0.1, -0.05) is 277 Å². The van der Waals surface area contributed by atoms with E-state index in [0.717, 1.165) is 57.8 Å². The Morgan fingerprint density at radius 3 is 0.769 bits per heavy atom. The topological polar surface area (TPSA) is 78.9 Å². The molecule has 0 fully saturated rings. The monoisotopic (exact) mass is 917 g/mol. The van der Waals surface area contributed by atoms with Crippen LogP contribution in [0.25, 0.3) is 0 Å². The first-order chi connectivity index (χ1) is 32.0. The maximum Gasteiger partial charge on any atom is 0.306 e. The molecule has 1 atom stereocenters. The van der Waals surface area contributed by atoms with Crippen LogP contribution in [0.2, 0.25) is 0 Å². The number of ether oxygens (including phenoxy) is 3. The third-order valence-corrected chi connectivity index (χ3v) is 13.3. The molecule has 0 saturated heterocycles. The zero-order valence-electron chi connectivity index (χ0n) is 44.0. The number of hydrogen-bond donors (Lipinski definition) is 0. The van der Waals surface area contributed by atoms with Gasteiger partial charge in [0.05, 0.1) is 0 Å². The van der Waals surface area contributed by atoms with Crippen LogP contribution in [0.4, 0.5) is 0 Å². The van der Waals surface area contributed by atoms with E-state index < -0.39 is 6.10 Å². The molecular formula is C59H112O6. The molecule has 384 valence electrons. The van der Waals surface area contributed by atoms with Crippen molar-refractivity contribution in [1.29, 1.82) is 0 Å². The van der Waals surface area contributed by atoms with Crippen LogP contribution in [0.3, 0.4) is 0 Å². The van der Waals surface area contributed by atoms with Crippen molar-refractivity contribution in [1.82, 2.24) is 0 Å². The Labute approximate surface area is 405 Å². The first-order valence-corrected chi connectivity index (χ1v) is 29.2. The van der Waals surface area contributed by atoms with E-state index in [0.29, 0.717) is 19.3 Å². The molecule has 0 saturated carbocycles. The zero-order chi connectivity index (χ0) is 47.2. The van der Waals surface area contributed by atoms with Gasteiger partial charge in [-0.3, -0.25) is 14.4 Å². The van der Waals surface area contributed by atoms with Crippen LogP contribution in [0.1, 0.15) is 329 Å². The largest absolute Gasteiger partial charge is 0.462 e. The normalized spacial score (nSPS) is 12.0. The van der Waals surface area contributed by atoms with Gasteiger partial charge < -0.3 is 14.2 Å². The molecule has 0 radical (unpaired) electrons. The summed E-state index contributed by atoms with van der Waals surface area (Å²) in [5.74, 6) is -0.845. The standard InChI is InChI=1S/C59H112O6/c1-4-7-10-13-16-19-22-24-25-26-27-28-29-30-31-32-33-34-35-36-38-40-43-46-49-52-58(61)64-55-56(54-63-57(60)51-48-45-42-39-21-18-15-12-9-6-3)65-59(62)53-50-47-44-41-37-23-20-17-14-11-8-5-2/h26-27,56H,4-25,28-55H2,1-3H3/b27-26-. The average Bonchev–Trinajstić information content (AvgIpc) is 3.30. The molecule has 0 rings (SSSR count). The molecule has 1 unspecified atom stereocenters. The molecular weight excluding hydrogens is 805 g/mol. The Kier molecular flexibility index (Phi) is 53.2. The lowest BCUT2D eigenvalue weighted by molar-refractivity contribution is -0.167. The molecule has 0 aliphatic carbocycles. The molecule has 0 N–H and O–H groups in total. The summed E-state index contributed by atoms with van der Waals surface area (Å²) in [6.45, 7) is 6.67. The third-order valence-electron chi connectivity index (χ3n) is 13.3. The van der Waals surface area contributed by atoms with Crippen molar-refractivity contribution >= 4 is 17.9 Å². The van der Waals surface area contributed by atoms with Crippen LogP contribution < -0.4 is 0 Å². The van der Waals surface area contributed by atoms with Gasteiger partial charge in [-0.05, 0) is 44.9 Å². The fourth-order valence-corrected chi connectivity index (χ4v) is 8.85. The second-order valence-corrected chi connectivity index (χ2v) is 19.9. The maximum absolute atomic E-state index is 12.8. The quantitative estimate of drug-likeness (QED) is 0.0262. The number of rotatable bonds is 54. The molecule has 0 heterocycles. The summed E-state index contributed by atoms with van der Waals surface area (Å²) < 4.78 is 16.8. The Hall–Kier alpha value is -1.85. The van der Waals surface area contributed by atoms with E-state index in [-0.39, 0.29) is 31.1 Å². The van der Waals surface area contributed by atoms with E-state index in [1.54, 1.807) is 0 Å². The van der Waals surface area contributed by atoms with Crippen molar-refractivity contribution < 1.29 is 28.6 Å². The summed E-state index contributed by atoms with van der Waals surface area (Å²) in [6.07, 6.45) is 62.2. The Morgan fingerprint density at radius 2 is 0.508 bits per heavy atom. The lowest BCUT2D eigenvalue weighted by atomic mass is 10.0. The number of hydrogen-bond acceptors (Lipinski definition) is 6. The minimum atomic E-state index is -0.762. The van der Waals surface area contributed by atoms with E-state index in [4.69, 9.17) is 14.2 Å². The SMILES string of the molecule is CCCCCCCCCC/C=C\CCCCCCCCCCCCCCCC(=O)OCC(COC(=O)CCCCCCCCCCCC)OC(=O)CCCCCCCCCCCCCC. The summed E-state index contributed by atoms with van der Waals surface area (Å²) in [5.41, 5.74) is 0. The lowest BCUT2D eigenvalue weighted by Crippen LogP contribution is -2.30. The van der Waals surface area contributed by atoms with Gasteiger partial charge in [0.25, 0.3) is 0 Å². The van der Waals surface area contributed by atoms with Gasteiger partial charge in [0.2, 0.25) is 0 Å². The van der Waals surface area contributed by atoms with Crippen LogP contribution in [0, 0.1) is 0 Å². The van der Waals surface area contributed by atoms with Crippen molar-refractivity contribution in [2.75, 3.05) is 13.2 Å². The van der Waals surface area contributed by atoms with Crippen molar-refractivity contribution in [2.24, 2.45) is 0 Å². The fraction of sp³-hybridized carbons (Fsp3) is 0.915. The summed E-state index contributed by atoms with van der Waals surface area (Å²) in [5, 5.41) is 0. The summed E-state index contributed by atoms with van der Waals surface area (Å²) >= 11 is 0. The molecule has 0 aromatic rings. The second-order valence-electron chi connectivity index (χ2n) is 19.9. The second kappa shape index (κ2) is 54.8. The van der Waals surface area contributed by atoms with Crippen LogP contribution in [0.15, 0.2) is 12.2 Å². The minimum absolute atomic E-state index is 0.0641. The van der Waals surface area contributed by atoms with Crippen molar-refractivity contribution in [3.05, 3.63) is 12.2 Å². The van der Waals surface area contributed by atoms with E-state index in [2.05, 4.69) is 32.9 Å². The molecule has 0 amide bonds. The number of esters is 3. The van der Waals surface area contributed by atoms with E-state index in [1.807, 2.05) is 0 Å². The first-order valence-electron chi connectivity index (χ1n) is 29.2. The van der Waals surface area contributed by atoms with Crippen molar-refractivity contribution in [2.45, 2.75) is 335 Å². The predicted octanol–water partition coefficient (Wildman–Crippen LogP) is 19.3. The maximum atomic E-state index is 12.8. The smallest absolute Gasteiger partial charge is 0.306 e. The molecule has 0 aromatic carbocycles. The van der Waals surface area contributed by atoms with Gasteiger partial charge in [-0.25, -0.2) is 0 Å². The third kappa shape index (κ3) is 53.0. The van der Waals surface area contributed by atoms with Crippen molar-refractivity contribution in [3.63, 3.8) is 0 Å². The highest BCUT2D eigenvalue weighted by Gasteiger charge is 2.19. The molecule has 0 bridgehead atoms. The number of unbranched alkanes of at least 4 members (excludes halogenated alkanes) is 41.